The van der Waals surface area contributed by atoms with Gasteiger partial charge >= 0.3 is 0 Å². The molecule has 5 aromatic carbocycles. The van der Waals surface area contributed by atoms with Crippen LogP contribution in [0.1, 0.15) is 5.56 Å². The molecule has 1 amide bonds. The number of aromatic hydroxyl groups is 2. The van der Waals surface area contributed by atoms with Gasteiger partial charge in [0.15, 0.2) is 0 Å². The number of carbonyl (C=O) groups excluding carboxylic acids is 1. The molecule has 0 saturated heterocycles. The highest BCUT2D eigenvalue weighted by Gasteiger charge is 2.05. The zero-order chi connectivity index (χ0) is 23.2. The topological polar surface area (TPSA) is 95.6 Å². The molecule has 33 heavy (non-hydrogen) atoms. The van der Waals surface area contributed by atoms with Crippen LogP contribution >= 0.6 is 0 Å². The molecule has 5 N–H and O–H groups in total. The first kappa shape index (κ1) is 21.7. The number of amides is 1. The second kappa shape index (κ2) is 9.75. The van der Waals surface area contributed by atoms with E-state index < -0.39 is 0 Å². The molecule has 0 fully saturated rings. The Hall–Kier alpha value is -4.51. The van der Waals surface area contributed by atoms with Gasteiger partial charge in [-0.1, -0.05) is 54.6 Å². The van der Waals surface area contributed by atoms with Gasteiger partial charge in [0, 0.05) is 11.4 Å². The number of nitrogens with two attached hydrogens (primary N) is 1. The molecule has 0 aliphatic heterocycles. The van der Waals surface area contributed by atoms with Gasteiger partial charge in [0.2, 0.25) is 5.91 Å². The number of rotatable bonds is 3. The van der Waals surface area contributed by atoms with Crippen LogP contribution in [0, 0.1) is 0 Å². The lowest BCUT2D eigenvalue weighted by Gasteiger charge is -2.07. The van der Waals surface area contributed by atoms with Crippen molar-refractivity contribution in [1.82, 2.24) is 0 Å². The second-order valence-corrected chi connectivity index (χ2v) is 7.75. The van der Waals surface area contributed by atoms with Gasteiger partial charge in [0.1, 0.15) is 11.5 Å². The summed E-state index contributed by atoms with van der Waals surface area (Å²) in [6.07, 6.45) is 0.356. The lowest BCUT2D eigenvalue weighted by Crippen LogP contribution is -2.14. The molecule has 0 saturated carbocycles. The van der Waals surface area contributed by atoms with Crippen LogP contribution in [-0.4, -0.2) is 16.1 Å². The number of phenols is 2. The summed E-state index contributed by atoms with van der Waals surface area (Å²) < 4.78 is 0. The van der Waals surface area contributed by atoms with Crippen molar-refractivity contribution in [1.29, 1.82) is 0 Å². The van der Waals surface area contributed by atoms with Crippen molar-refractivity contribution in [3.05, 3.63) is 109 Å². The molecular formula is C28H24N2O3. The van der Waals surface area contributed by atoms with E-state index in [0.29, 0.717) is 6.42 Å². The summed E-state index contributed by atoms with van der Waals surface area (Å²) in [4.78, 5) is 12.0. The van der Waals surface area contributed by atoms with Crippen molar-refractivity contribution < 1.29 is 15.0 Å². The lowest BCUT2D eigenvalue weighted by atomic mass is 10.1. The summed E-state index contributed by atoms with van der Waals surface area (Å²) in [6.45, 7) is 0. The van der Waals surface area contributed by atoms with E-state index in [1.807, 2.05) is 78.9 Å². The summed E-state index contributed by atoms with van der Waals surface area (Å²) in [5, 5.41) is 25.5. The van der Waals surface area contributed by atoms with E-state index >= 15 is 0 Å². The van der Waals surface area contributed by atoms with Crippen molar-refractivity contribution in [2.45, 2.75) is 6.42 Å². The lowest BCUT2D eigenvalue weighted by molar-refractivity contribution is -0.115. The molecule has 5 heteroatoms. The number of hydrogen-bond acceptors (Lipinski definition) is 4. The van der Waals surface area contributed by atoms with Gasteiger partial charge in [-0.2, -0.15) is 0 Å². The quantitative estimate of drug-likeness (QED) is 0.267. The number of nitrogen functional groups attached to an aromatic ring is 1. The summed E-state index contributed by atoms with van der Waals surface area (Å²) in [6, 6.07) is 31.2. The average Bonchev–Trinajstić information content (AvgIpc) is 2.80. The molecule has 0 bridgehead atoms. The van der Waals surface area contributed by atoms with Crippen LogP contribution in [0.3, 0.4) is 0 Å². The molecule has 0 aromatic heterocycles. The number of fused-ring (bicyclic) bond motifs is 2. The third-order valence-corrected chi connectivity index (χ3v) is 5.16. The molecule has 164 valence electrons. The van der Waals surface area contributed by atoms with Crippen LogP contribution in [-0.2, 0) is 11.2 Å². The summed E-state index contributed by atoms with van der Waals surface area (Å²) in [7, 11) is 0. The first-order valence-electron chi connectivity index (χ1n) is 10.5. The van der Waals surface area contributed by atoms with E-state index in [4.69, 9.17) is 10.8 Å². The number of benzene rings is 5. The number of phenolic OH excluding ortho intramolecular Hbond substituents is 2. The van der Waals surface area contributed by atoms with Crippen LogP contribution in [0.2, 0.25) is 0 Å². The van der Waals surface area contributed by atoms with Crippen molar-refractivity contribution in [2.75, 3.05) is 11.1 Å². The molecule has 5 nitrogen and oxygen atoms in total. The van der Waals surface area contributed by atoms with Gasteiger partial charge < -0.3 is 21.3 Å². The van der Waals surface area contributed by atoms with Gasteiger partial charge in [-0.05, 0) is 75.6 Å². The van der Waals surface area contributed by atoms with E-state index in [0.717, 1.165) is 38.5 Å². The predicted molar refractivity (Wildman–Crippen MR) is 134 cm³/mol. The van der Waals surface area contributed by atoms with E-state index in [-0.39, 0.29) is 17.4 Å². The monoisotopic (exact) mass is 436 g/mol. The smallest absolute Gasteiger partial charge is 0.228 e. The average molecular weight is 437 g/mol. The molecule has 0 unspecified atom stereocenters. The molecule has 5 rings (SSSR count). The molecule has 5 aromatic rings. The van der Waals surface area contributed by atoms with Gasteiger partial charge in [0.25, 0.3) is 0 Å². The first-order valence-corrected chi connectivity index (χ1v) is 10.5. The van der Waals surface area contributed by atoms with Crippen LogP contribution in [0.25, 0.3) is 21.5 Å². The third-order valence-electron chi connectivity index (χ3n) is 5.16. The number of nitrogens with one attached hydrogen (secondary N) is 1. The van der Waals surface area contributed by atoms with Crippen molar-refractivity contribution >= 4 is 38.8 Å². The molecule has 0 radical (unpaired) electrons. The van der Waals surface area contributed by atoms with E-state index in [9.17, 15) is 9.90 Å². The molecular weight excluding hydrogens is 412 g/mol. The minimum atomic E-state index is -0.0423. The van der Waals surface area contributed by atoms with Crippen LogP contribution in [0.5, 0.6) is 11.5 Å². The molecule has 0 aliphatic rings. The molecule has 0 heterocycles. The highest BCUT2D eigenvalue weighted by molar-refractivity contribution is 5.95. The number of carbonyl (C=O) groups is 1. The standard InChI is InChI=1S/C18H15NO2.C10H9NO/c20-17-9-7-14-11-16(8-6-15(14)12-17)19-18(21)10-13-4-2-1-3-5-13;11-9-3-1-8-6-10(12)4-2-7(8)5-9/h1-9,11-12,20H,10H2,(H,19,21);1-6,12H,11H2. The Balaban J connectivity index is 0.000000183. The van der Waals surface area contributed by atoms with Crippen molar-refractivity contribution in [3.8, 4) is 11.5 Å². The summed E-state index contributed by atoms with van der Waals surface area (Å²) in [5.41, 5.74) is 8.09. The fourth-order valence-corrected chi connectivity index (χ4v) is 3.55. The third kappa shape index (κ3) is 5.80. The fraction of sp³-hybridized carbons (Fsp3) is 0.0357. The Bertz CT molecular complexity index is 1370. The van der Waals surface area contributed by atoms with E-state index in [2.05, 4.69) is 5.32 Å². The normalized spacial score (nSPS) is 10.4. The van der Waals surface area contributed by atoms with Gasteiger partial charge in [-0.15, -0.1) is 0 Å². The van der Waals surface area contributed by atoms with E-state index in [1.54, 1.807) is 24.3 Å². The second-order valence-electron chi connectivity index (χ2n) is 7.75. The maximum atomic E-state index is 12.0. The first-order chi connectivity index (χ1) is 16.0. The minimum absolute atomic E-state index is 0.0423. The van der Waals surface area contributed by atoms with Crippen LogP contribution < -0.4 is 11.1 Å². The van der Waals surface area contributed by atoms with Crippen LogP contribution in [0.15, 0.2) is 103 Å². The van der Waals surface area contributed by atoms with Gasteiger partial charge in [0.05, 0.1) is 6.42 Å². The Morgan fingerprint density at radius 2 is 1.21 bits per heavy atom. The van der Waals surface area contributed by atoms with Crippen molar-refractivity contribution in [2.24, 2.45) is 0 Å². The van der Waals surface area contributed by atoms with Gasteiger partial charge in [-0.25, -0.2) is 0 Å². The maximum Gasteiger partial charge on any atom is 0.228 e. The van der Waals surface area contributed by atoms with Crippen molar-refractivity contribution in [3.63, 3.8) is 0 Å². The maximum absolute atomic E-state index is 12.0. The molecule has 0 aliphatic carbocycles. The largest absolute Gasteiger partial charge is 0.508 e. The molecule has 0 atom stereocenters. The predicted octanol–water partition coefficient (Wildman–Crippen LogP) is 5.85. The Kier molecular flexibility index (Phi) is 6.41. The van der Waals surface area contributed by atoms with Crippen LogP contribution in [0.4, 0.5) is 11.4 Å². The fourth-order valence-electron chi connectivity index (χ4n) is 3.55. The Morgan fingerprint density at radius 3 is 1.88 bits per heavy atom. The van der Waals surface area contributed by atoms with Gasteiger partial charge in [-0.3, -0.25) is 4.79 Å². The summed E-state index contributed by atoms with van der Waals surface area (Å²) >= 11 is 0. The zero-order valence-corrected chi connectivity index (χ0v) is 17.9. The molecule has 0 spiro atoms. The number of hydrogen-bond donors (Lipinski definition) is 4. The van der Waals surface area contributed by atoms with E-state index in [1.165, 1.54) is 0 Å². The summed E-state index contributed by atoms with van der Waals surface area (Å²) in [5.74, 6) is 0.481. The Morgan fingerprint density at radius 1 is 0.667 bits per heavy atom. The SMILES string of the molecule is Nc1ccc2cc(O)ccc2c1.O=C(Cc1ccccc1)Nc1ccc2cc(O)ccc2c1. The Labute approximate surface area is 191 Å². The zero-order valence-electron chi connectivity index (χ0n) is 17.9. The highest BCUT2D eigenvalue weighted by Crippen LogP contribution is 2.23. The number of anilines is 2. The highest BCUT2D eigenvalue weighted by atomic mass is 16.3. The minimum Gasteiger partial charge on any atom is -0.508 e.